The lowest BCUT2D eigenvalue weighted by molar-refractivity contribution is 0.645. The maximum Gasteiger partial charge on any atom is 0.0677 e. The highest BCUT2D eigenvalue weighted by molar-refractivity contribution is 5.43. The highest BCUT2D eigenvalue weighted by Gasteiger charge is 2.09. The smallest absolute Gasteiger partial charge is 0.0677 e. The Hall–Kier alpha value is -1.61. The number of nitrogens with two attached hydrogens (primary N) is 1. The van der Waals surface area contributed by atoms with E-state index in [0.717, 1.165) is 24.2 Å². The summed E-state index contributed by atoms with van der Waals surface area (Å²) in [5.41, 5.74) is 10.8. The molecule has 1 aromatic heterocycles. The summed E-state index contributed by atoms with van der Waals surface area (Å²) in [5, 5.41) is 4.67. The summed E-state index contributed by atoms with van der Waals surface area (Å²) < 4.78 is 1.98. The van der Waals surface area contributed by atoms with Crippen LogP contribution in [0, 0.1) is 6.92 Å². The third-order valence-corrected chi connectivity index (χ3v) is 3.74. The predicted molar refractivity (Wildman–Crippen MR) is 84.4 cm³/mol. The molecular formula is C17H25N3. The fourth-order valence-corrected chi connectivity index (χ4v) is 2.26. The first-order valence-corrected chi connectivity index (χ1v) is 7.42. The summed E-state index contributed by atoms with van der Waals surface area (Å²) in [6, 6.07) is 8.86. The van der Waals surface area contributed by atoms with Crippen LogP contribution in [-0.4, -0.2) is 15.8 Å². The van der Waals surface area contributed by atoms with E-state index in [2.05, 4.69) is 57.1 Å². The lowest BCUT2D eigenvalue weighted by atomic mass is 10.0. The van der Waals surface area contributed by atoms with Crippen molar-refractivity contribution in [3.8, 4) is 5.69 Å². The van der Waals surface area contributed by atoms with E-state index < -0.39 is 0 Å². The van der Waals surface area contributed by atoms with Crippen LogP contribution >= 0.6 is 0 Å². The second-order valence-corrected chi connectivity index (χ2v) is 5.83. The van der Waals surface area contributed by atoms with Gasteiger partial charge in [0.15, 0.2) is 0 Å². The number of benzene rings is 1. The molecule has 1 unspecified atom stereocenters. The van der Waals surface area contributed by atoms with Gasteiger partial charge in [-0.25, -0.2) is 4.68 Å². The van der Waals surface area contributed by atoms with Gasteiger partial charge >= 0.3 is 0 Å². The number of nitrogens with zero attached hydrogens (tertiary/aromatic N) is 2. The van der Waals surface area contributed by atoms with E-state index >= 15 is 0 Å². The standard InChI is InChI=1S/C17H25N3/c1-5-15(18)10-14-7-6-13(4)17(11-14)20-9-8-16(19-20)12(2)3/h6-9,11-12,15H,5,10,18H2,1-4H3. The van der Waals surface area contributed by atoms with E-state index in [1.54, 1.807) is 0 Å². The minimum Gasteiger partial charge on any atom is -0.327 e. The van der Waals surface area contributed by atoms with Crippen LogP contribution in [0.5, 0.6) is 0 Å². The quantitative estimate of drug-likeness (QED) is 0.903. The average molecular weight is 271 g/mol. The molecule has 2 rings (SSSR count). The Kier molecular flexibility index (Phi) is 4.61. The summed E-state index contributed by atoms with van der Waals surface area (Å²) >= 11 is 0. The van der Waals surface area contributed by atoms with E-state index in [1.807, 2.05) is 10.9 Å². The molecule has 3 nitrogen and oxygen atoms in total. The second-order valence-electron chi connectivity index (χ2n) is 5.83. The van der Waals surface area contributed by atoms with Crippen LogP contribution in [0.2, 0.25) is 0 Å². The lowest BCUT2D eigenvalue weighted by Crippen LogP contribution is -2.21. The monoisotopic (exact) mass is 271 g/mol. The predicted octanol–water partition coefficient (Wildman–Crippen LogP) is 3.58. The Morgan fingerprint density at radius 1 is 1.25 bits per heavy atom. The number of aromatic nitrogens is 2. The van der Waals surface area contributed by atoms with Crippen molar-refractivity contribution in [2.75, 3.05) is 0 Å². The zero-order chi connectivity index (χ0) is 14.7. The van der Waals surface area contributed by atoms with Crippen LogP contribution in [0.3, 0.4) is 0 Å². The molecule has 0 saturated heterocycles. The molecule has 1 heterocycles. The molecule has 0 amide bonds. The van der Waals surface area contributed by atoms with Crippen LogP contribution in [0.25, 0.3) is 5.69 Å². The zero-order valence-electron chi connectivity index (χ0n) is 12.9. The van der Waals surface area contributed by atoms with E-state index in [0.29, 0.717) is 5.92 Å². The summed E-state index contributed by atoms with van der Waals surface area (Å²) in [6.07, 6.45) is 3.96. The van der Waals surface area contributed by atoms with Crippen molar-refractivity contribution in [3.05, 3.63) is 47.3 Å². The SMILES string of the molecule is CCC(N)Cc1ccc(C)c(-n2ccc(C(C)C)n2)c1. The number of rotatable bonds is 5. The molecular weight excluding hydrogens is 246 g/mol. The molecule has 0 saturated carbocycles. The Balaban J connectivity index is 2.32. The first kappa shape index (κ1) is 14.8. The molecule has 108 valence electrons. The largest absolute Gasteiger partial charge is 0.327 e. The van der Waals surface area contributed by atoms with E-state index in [-0.39, 0.29) is 6.04 Å². The molecule has 0 aliphatic rings. The van der Waals surface area contributed by atoms with Crippen LogP contribution in [-0.2, 0) is 6.42 Å². The first-order valence-electron chi connectivity index (χ1n) is 7.42. The Morgan fingerprint density at radius 2 is 2.00 bits per heavy atom. The third-order valence-electron chi connectivity index (χ3n) is 3.74. The highest BCUT2D eigenvalue weighted by atomic mass is 15.3. The van der Waals surface area contributed by atoms with Gasteiger partial charge in [-0.05, 0) is 48.9 Å². The Labute approximate surface area is 121 Å². The van der Waals surface area contributed by atoms with Gasteiger partial charge in [-0.15, -0.1) is 0 Å². The molecule has 1 atom stereocenters. The molecule has 2 aromatic rings. The van der Waals surface area contributed by atoms with Crippen LogP contribution in [0.1, 0.15) is 49.9 Å². The molecule has 1 aromatic carbocycles. The minimum absolute atomic E-state index is 0.231. The number of hydrogen-bond donors (Lipinski definition) is 1. The second kappa shape index (κ2) is 6.23. The van der Waals surface area contributed by atoms with Gasteiger partial charge in [0.25, 0.3) is 0 Å². The normalized spacial score (nSPS) is 12.9. The third kappa shape index (κ3) is 3.28. The van der Waals surface area contributed by atoms with Crippen molar-refractivity contribution >= 4 is 0 Å². The van der Waals surface area contributed by atoms with Gasteiger partial charge in [0.1, 0.15) is 0 Å². The van der Waals surface area contributed by atoms with Crippen molar-refractivity contribution in [2.24, 2.45) is 5.73 Å². The highest BCUT2D eigenvalue weighted by Crippen LogP contribution is 2.19. The fourth-order valence-electron chi connectivity index (χ4n) is 2.26. The Morgan fingerprint density at radius 3 is 2.60 bits per heavy atom. The maximum absolute atomic E-state index is 6.05. The summed E-state index contributed by atoms with van der Waals surface area (Å²) in [6.45, 7) is 8.57. The molecule has 0 spiro atoms. The molecule has 20 heavy (non-hydrogen) atoms. The summed E-state index contributed by atoms with van der Waals surface area (Å²) in [4.78, 5) is 0. The topological polar surface area (TPSA) is 43.8 Å². The lowest BCUT2D eigenvalue weighted by Gasteiger charge is -2.12. The molecule has 0 bridgehead atoms. The maximum atomic E-state index is 6.05. The molecule has 2 N–H and O–H groups in total. The van der Waals surface area contributed by atoms with Crippen LogP contribution in [0.4, 0.5) is 0 Å². The van der Waals surface area contributed by atoms with Crippen LogP contribution in [0.15, 0.2) is 30.5 Å². The number of aryl methyl sites for hydroxylation is 1. The molecule has 3 heteroatoms. The summed E-state index contributed by atoms with van der Waals surface area (Å²) in [5.74, 6) is 0.452. The van der Waals surface area contributed by atoms with E-state index in [4.69, 9.17) is 5.73 Å². The van der Waals surface area contributed by atoms with Gasteiger partial charge in [-0.2, -0.15) is 5.10 Å². The van der Waals surface area contributed by atoms with Crippen molar-refractivity contribution in [3.63, 3.8) is 0 Å². The van der Waals surface area contributed by atoms with Crippen molar-refractivity contribution in [1.82, 2.24) is 9.78 Å². The van der Waals surface area contributed by atoms with Gasteiger partial charge in [-0.1, -0.05) is 32.9 Å². The molecule has 0 aliphatic heterocycles. The van der Waals surface area contributed by atoms with Gasteiger partial charge in [-0.3, -0.25) is 0 Å². The van der Waals surface area contributed by atoms with Crippen LogP contribution < -0.4 is 5.73 Å². The molecule has 0 aliphatic carbocycles. The van der Waals surface area contributed by atoms with Crippen molar-refractivity contribution in [1.29, 1.82) is 0 Å². The van der Waals surface area contributed by atoms with Gasteiger partial charge in [0.05, 0.1) is 11.4 Å². The van der Waals surface area contributed by atoms with E-state index in [1.165, 1.54) is 11.1 Å². The Bertz CT molecular complexity index is 569. The minimum atomic E-state index is 0.231. The van der Waals surface area contributed by atoms with Gasteiger partial charge in [0, 0.05) is 12.2 Å². The zero-order valence-corrected chi connectivity index (χ0v) is 12.9. The molecule has 0 radical (unpaired) electrons. The first-order chi connectivity index (χ1) is 9.51. The fraction of sp³-hybridized carbons (Fsp3) is 0.471. The van der Waals surface area contributed by atoms with Crippen molar-refractivity contribution < 1.29 is 0 Å². The van der Waals surface area contributed by atoms with E-state index in [9.17, 15) is 0 Å². The van der Waals surface area contributed by atoms with Gasteiger partial charge < -0.3 is 5.73 Å². The van der Waals surface area contributed by atoms with Crippen molar-refractivity contribution in [2.45, 2.75) is 52.5 Å². The summed E-state index contributed by atoms with van der Waals surface area (Å²) in [7, 11) is 0. The number of hydrogen-bond acceptors (Lipinski definition) is 2. The average Bonchev–Trinajstić information content (AvgIpc) is 2.90. The molecule has 0 fully saturated rings. The van der Waals surface area contributed by atoms with Gasteiger partial charge in [0.2, 0.25) is 0 Å².